The molecule has 2 aromatic heterocycles. The van der Waals surface area contributed by atoms with Crippen LogP contribution in [0.4, 0.5) is 10.1 Å². The number of rotatable bonds is 8. The molecular formula is C25H23FN4O4. The van der Waals surface area contributed by atoms with E-state index in [1.54, 1.807) is 23.7 Å². The zero-order valence-corrected chi connectivity index (χ0v) is 18.7. The van der Waals surface area contributed by atoms with Gasteiger partial charge < -0.3 is 14.5 Å². The van der Waals surface area contributed by atoms with Crippen LogP contribution in [0, 0.1) is 19.7 Å². The molecule has 2 heterocycles. The summed E-state index contributed by atoms with van der Waals surface area (Å²) in [4.78, 5) is 28.6. The summed E-state index contributed by atoms with van der Waals surface area (Å²) in [6.45, 7) is 3.23. The van der Waals surface area contributed by atoms with Crippen molar-refractivity contribution in [3.8, 4) is 17.0 Å². The van der Waals surface area contributed by atoms with Crippen LogP contribution in [0.15, 0.2) is 65.2 Å². The minimum Gasteiger partial charge on any atom is -0.456 e. The van der Waals surface area contributed by atoms with E-state index in [-0.39, 0.29) is 18.7 Å². The number of esters is 1. The van der Waals surface area contributed by atoms with E-state index in [1.807, 2.05) is 37.3 Å². The highest BCUT2D eigenvalue weighted by Gasteiger charge is 2.17. The van der Waals surface area contributed by atoms with Gasteiger partial charge in [-0.2, -0.15) is 5.10 Å². The number of nitrogens with one attached hydrogen (secondary N) is 1. The van der Waals surface area contributed by atoms with Crippen LogP contribution < -0.4 is 5.32 Å². The first-order chi connectivity index (χ1) is 16.4. The van der Waals surface area contributed by atoms with Crippen LogP contribution in [0.1, 0.15) is 23.7 Å². The van der Waals surface area contributed by atoms with E-state index in [0.717, 1.165) is 11.4 Å². The van der Waals surface area contributed by atoms with Crippen molar-refractivity contribution >= 4 is 17.6 Å². The maximum atomic E-state index is 13.0. The molecule has 2 aromatic carbocycles. The molecule has 9 heteroatoms. The van der Waals surface area contributed by atoms with Gasteiger partial charge in [-0.3, -0.25) is 9.59 Å². The summed E-state index contributed by atoms with van der Waals surface area (Å²) in [6.07, 6.45) is 1.73. The second-order valence-electron chi connectivity index (χ2n) is 7.63. The number of hydrogen-bond acceptors (Lipinski definition) is 6. The van der Waals surface area contributed by atoms with Gasteiger partial charge in [0.25, 0.3) is 5.91 Å². The number of carbonyl (C=O) groups is 2. The molecule has 8 nitrogen and oxygen atoms in total. The molecular weight excluding hydrogens is 439 g/mol. The Hall–Kier alpha value is -4.27. The number of amides is 1. The van der Waals surface area contributed by atoms with Gasteiger partial charge in [0, 0.05) is 12.0 Å². The maximum absolute atomic E-state index is 13.0. The second kappa shape index (κ2) is 10.1. The van der Waals surface area contributed by atoms with E-state index in [4.69, 9.17) is 9.15 Å². The largest absolute Gasteiger partial charge is 0.456 e. The number of para-hydroxylation sites is 1. The standard InChI is InChI=1S/C25H23FN4O4/c1-16-25(17(2)30(29-16)20-6-4-3-5-7-20)28-22(31)15-33-24(32)13-12-23-27-14-21(34-23)18-8-10-19(26)11-9-18/h3-11,14H,12-13,15H2,1-2H3,(H,28,31). The minimum absolute atomic E-state index is 0.000641. The first kappa shape index (κ1) is 22.9. The molecule has 174 valence electrons. The number of carbonyl (C=O) groups excluding carboxylic acids is 2. The molecule has 0 saturated carbocycles. The van der Waals surface area contributed by atoms with Gasteiger partial charge in [-0.25, -0.2) is 14.1 Å². The average Bonchev–Trinajstić information content (AvgIpc) is 3.43. The third kappa shape index (κ3) is 5.37. The third-order valence-corrected chi connectivity index (χ3v) is 5.15. The lowest BCUT2D eigenvalue weighted by Crippen LogP contribution is -2.21. The second-order valence-corrected chi connectivity index (χ2v) is 7.63. The quantitative estimate of drug-likeness (QED) is 0.390. The lowest BCUT2D eigenvalue weighted by atomic mass is 10.2. The molecule has 1 amide bonds. The number of benzene rings is 2. The van der Waals surface area contributed by atoms with Crippen LogP contribution in [0.5, 0.6) is 0 Å². The third-order valence-electron chi connectivity index (χ3n) is 5.15. The lowest BCUT2D eigenvalue weighted by molar-refractivity contribution is -0.147. The number of ether oxygens (including phenoxy) is 1. The Morgan fingerprint density at radius 1 is 1.09 bits per heavy atom. The monoisotopic (exact) mass is 462 g/mol. The summed E-state index contributed by atoms with van der Waals surface area (Å²) in [6, 6.07) is 15.4. The molecule has 4 rings (SSSR count). The van der Waals surface area contributed by atoms with Gasteiger partial charge in [0.15, 0.2) is 18.3 Å². The van der Waals surface area contributed by atoms with Crippen molar-refractivity contribution < 1.29 is 23.1 Å². The summed E-state index contributed by atoms with van der Waals surface area (Å²) in [7, 11) is 0. The summed E-state index contributed by atoms with van der Waals surface area (Å²) in [5.41, 5.74) is 3.56. The smallest absolute Gasteiger partial charge is 0.306 e. The molecule has 0 spiro atoms. The fourth-order valence-corrected chi connectivity index (χ4v) is 3.42. The molecule has 0 aliphatic carbocycles. The Morgan fingerprint density at radius 2 is 1.82 bits per heavy atom. The molecule has 0 unspecified atom stereocenters. The molecule has 4 aromatic rings. The van der Waals surface area contributed by atoms with Gasteiger partial charge >= 0.3 is 5.97 Å². The van der Waals surface area contributed by atoms with Crippen molar-refractivity contribution in [2.75, 3.05) is 11.9 Å². The predicted molar refractivity (Wildman–Crippen MR) is 123 cm³/mol. The van der Waals surface area contributed by atoms with Crippen LogP contribution in [-0.2, 0) is 20.7 Å². The van der Waals surface area contributed by atoms with E-state index in [2.05, 4.69) is 15.4 Å². The summed E-state index contributed by atoms with van der Waals surface area (Å²) >= 11 is 0. The normalized spacial score (nSPS) is 10.8. The van der Waals surface area contributed by atoms with Crippen LogP contribution in [-0.4, -0.2) is 33.2 Å². The highest BCUT2D eigenvalue weighted by molar-refractivity contribution is 5.93. The highest BCUT2D eigenvalue weighted by atomic mass is 19.1. The zero-order chi connectivity index (χ0) is 24.1. The molecule has 0 aliphatic rings. The van der Waals surface area contributed by atoms with E-state index in [9.17, 15) is 14.0 Å². The molecule has 1 N–H and O–H groups in total. The number of oxazole rings is 1. The van der Waals surface area contributed by atoms with E-state index >= 15 is 0 Å². The van der Waals surface area contributed by atoms with Crippen LogP contribution in [0.25, 0.3) is 17.0 Å². The molecule has 0 saturated heterocycles. The summed E-state index contributed by atoms with van der Waals surface area (Å²) in [5, 5.41) is 7.24. The molecule has 0 atom stereocenters. The van der Waals surface area contributed by atoms with Crippen molar-refractivity contribution in [1.29, 1.82) is 0 Å². The average molecular weight is 462 g/mol. The zero-order valence-electron chi connectivity index (χ0n) is 18.7. The molecule has 0 bridgehead atoms. The molecule has 34 heavy (non-hydrogen) atoms. The summed E-state index contributed by atoms with van der Waals surface area (Å²) in [5.74, 6) is -0.526. The fourth-order valence-electron chi connectivity index (χ4n) is 3.42. The number of aromatic nitrogens is 3. The van der Waals surface area contributed by atoms with Crippen molar-refractivity contribution in [2.45, 2.75) is 26.7 Å². The highest BCUT2D eigenvalue weighted by Crippen LogP contribution is 2.23. The number of aryl methyl sites for hydroxylation is 2. The van der Waals surface area contributed by atoms with Crippen molar-refractivity contribution in [3.63, 3.8) is 0 Å². The molecule has 0 radical (unpaired) electrons. The lowest BCUT2D eigenvalue weighted by Gasteiger charge is -2.08. The first-order valence-corrected chi connectivity index (χ1v) is 10.7. The topological polar surface area (TPSA) is 99.2 Å². The number of nitrogens with zero attached hydrogens (tertiary/aromatic N) is 3. The maximum Gasteiger partial charge on any atom is 0.306 e. The van der Waals surface area contributed by atoms with Crippen molar-refractivity contribution in [3.05, 3.63) is 83.9 Å². The molecule has 0 fully saturated rings. The fraction of sp³-hybridized carbons (Fsp3) is 0.200. The van der Waals surface area contributed by atoms with Gasteiger partial charge in [-0.1, -0.05) is 18.2 Å². The van der Waals surface area contributed by atoms with E-state index < -0.39 is 18.5 Å². The Labute approximate surface area is 195 Å². The Kier molecular flexibility index (Phi) is 6.82. The van der Waals surface area contributed by atoms with Gasteiger partial charge in [0.1, 0.15) is 5.82 Å². The first-order valence-electron chi connectivity index (χ1n) is 10.7. The van der Waals surface area contributed by atoms with Crippen molar-refractivity contribution in [1.82, 2.24) is 14.8 Å². The summed E-state index contributed by atoms with van der Waals surface area (Å²) < 4.78 is 25.5. The number of halogens is 1. The van der Waals surface area contributed by atoms with Crippen LogP contribution in [0.3, 0.4) is 0 Å². The van der Waals surface area contributed by atoms with E-state index in [1.165, 1.54) is 18.3 Å². The molecule has 0 aliphatic heterocycles. The Morgan fingerprint density at radius 3 is 2.56 bits per heavy atom. The predicted octanol–water partition coefficient (Wildman–Crippen LogP) is 4.40. The van der Waals surface area contributed by atoms with E-state index in [0.29, 0.717) is 28.6 Å². The number of anilines is 1. The van der Waals surface area contributed by atoms with Gasteiger partial charge in [0.2, 0.25) is 0 Å². The number of hydrogen-bond donors (Lipinski definition) is 1. The Balaban J connectivity index is 1.27. The van der Waals surface area contributed by atoms with Crippen LogP contribution in [0.2, 0.25) is 0 Å². The van der Waals surface area contributed by atoms with Crippen LogP contribution >= 0.6 is 0 Å². The Bertz CT molecular complexity index is 1300. The minimum atomic E-state index is -0.551. The van der Waals surface area contributed by atoms with Crippen molar-refractivity contribution in [2.24, 2.45) is 0 Å². The SMILES string of the molecule is Cc1nn(-c2ccccc2)c(C)c1NC(=O)COC(=O)CCc1ncc(-c2ccc(F)cc2)o1. The van der Waals surface area contributed by atoms with Gasteiger partial charge in [-0.15, -0.1) is 0 Å². The van der Waals surface area contributed by atoms with Gasteiger partial charge in [-0.05, 0) is 50.2 Å². The van der Waals surface area contributed by atoms with Gasteiger partial charge in [0.05, 0.1) is 35.4 Å².